The SMILES string of the molecule is CCN(CC)CCn1c(C(=O)O)c2ccc(C(F)(F)F)cc2c1-c1ccccc1. The van der Waals surface area contributed by atoms with Crippen molar-refractivity contribution in [1.29, 1.82) is 0 Å². The molecule has 0 aliphatic heterocycles. The summed E-state index contributed by atoms with van der Waals surface area (Å²) in [5.74, 6) is -1.16. The molecule has 0 unspecified atom stereocenters. The van der Waals surface area contributed by atoms with Crippen LogP contribution in [-0.2, 0) is 12.7 Å². The zero-order chi connectivity index (χ0) is 21.2. The Balaban J connectivity index is 2.30. The van der Waals surface area contributed by atoms with E-state index in [2.05, 4.69) is 4.90 Å². The van der Waals surface area contributed by atoms with Crippen molar-refractivity contribution in [3.63, 3.8) is 0 Å². The monoisotopic (exact) mass is 404 g/mol. The minimum absolute atomic E-state index is 0.0136. The quantitative estimate of drug-likeness (QED) is 0.576. The molecule has 1 heterocycles. The van der Waals surface area contributed by atoms with Gasteiger partial charge in [0.25, 0.3) is 0 Å². The second kappa shape index (κ2) is 8.29. The molecule has 3 aromatic rings. The smallest absolute Gasteiger partial charge is 0.416 e. The third-order valence-electron chi connectivity index (χ3n) is 5.18. The number of halogens is 3. The fraction of sp³-hybridized carbons (Fsp3) is 0.318. The van der Waals surface area contributed by atoms with Crippen LogP contribution in [0.1, 0.15) is 29.9 Å². The standard InChI is InChI=1S/C22H23F3N2O2/c1-3-26(4-2)12-13-27-19(15-8-6-5-7-9-15)18-14-16(22(23,24)25)10-11-17(18)20(27)21(28)29/h5-11,14H,3-4,12-13H2,1-2H3,(H,28,29). The number of alkyl halides is 3. The second-order valence-electron chi connectivity index (χ2n) is 6.81. The average molecular weight is 404 g/mol. The van der Waals surface area contributed by atoms with Crippen LogP contribution >= 0.6 is 0 Å². The number of carboxylic acid groups (broad SMARTS) is 1. The van der Waals surface area contributed by atoms with Crippen molar-refractivity contribution in [2.75, 3.05) is 19.6 Å². The number of hydrogen-bond acceptors (Lipinski definition) is 2. The molecule has 0 amide bonds. The van der Waals surface area contributed by atoms with E-state index in [4.69, 9.17) is 0 Å². The third-order valence-corrected chi connectivity index (χ3v) is 5.18. The van der Waals surface area contributed by atoms with Gasteiger partial charge in [-0.25, -0.2) is 4.79 Å². The Morgan fingerprint density at radius 1 is 1.03 bits per heavy atom. The number of carbonyl (C=O) groups is 1. The first kappa shape index (κ1) is 20.9. The van der Waals surface area contributed by atoms with Crippen LogP contribution in [0.25, 0.3) is 22.0 Å². The summed E-state index contributed by atoms with van der Waals surface area (Å²) in [7, 11) is 0. The fourth-order valence-corrected chi connectivity index (χ4v) is 3.67. The summed E-state index contributed by atoms with van der Waals surface area (Å²) < 4.78 is 41.6. The van der Waals surface area contributed by atoms with E-state index >= 15 is 0 Å². The molecule has 4 nitrogen and oxygen atoms in total. The van der Waals surface area contributed by atoms with E-state index in [0.29, 0.717) is 35.1 Å². The highest BCUT2D eigenvalue weighted by atomic mass is 19.4. The molecule has 0 radical (unpaired) electrons. The molecule has 3 rings (SSSR count). The predicted octanol–water partition coefficient (Wildman–Crippen LogP) is 5.37. The van der Waals surface area contributed by atoms with Crippen molar-refractivity contribution >= 4 is 16.7 Å². The molecule has 0 bridgehead atoms. The van der Waals surface area contributed by atoms with Gasteiger partial charge >= 0.3 is 12.1 Å². The maximum Gasteiger partial charge on any atom is 0.416 e. The number of hydrogen-bond donors (Lipinski definition) is 1. The molecule has 1 N–H and O–H groups in total. The largest absolute Gasteiger partial charge is 0.477 e. The van der Waals surface area contributed by atoms with Crippen LogP contribution in [0.15, 0.2) is 48.5 Å². The van der Waals surface area contributed by atoms with Crippen LogP contribution in [-0.4, -0.2) is 40.2 Å². The molecule has 2 aromatic carbocycles. The molecule has 0 aliphatic carbocycles. The molecule has 0 spiro atoms. The minimum atomic E-state index is -4.51. The molecule has 154 valence electrons. The Morgan fingerprint density at radius 2 is 1.69 bits per heavy atom. The summed E-state index contributed by atoms with van der Waals surface area (Å²) >= 11 is 0. The Labute approximate surface area is 167 Å². The molecule has 29 heavy (non-hydrogen) atoms. The molecule has 0 fully saturated rings. The number of rotatable bonds is 7. The van der Waals surface area contributed by atoms with Crippen molar-refractivity contribution in [3.8, 4) is 11.3 Å². The molecule has 0 atom stereocenters. The third kappa shape index (κ3) is 4.15. The van der Waals surface area contributed by atoms with Gasteiger partial charge in [-0.15, -0.1) is 0 Å². The van der Waals surface area contributed by atoms with Gasteiger partial charge in [0.05, 0.1) is 11.3 Å². The molecule has 0 aliphatic rings. The first-order chi connectivity index (χ1) is 13.8. The number of likely N-dealkylation sites (N-methyl/N-ethyl adjacent to an activating group) is 1. The maximum atomic E-state index is 13.3. The van der Waals surface area contributed by atoms with Crippen LogP contribution in [0, 0.1) is 0 Å². The van der Waals surface area contributed by atoms with Crippen molar-refractivity contribution in [2.45, 2.75) is 26.6 Å². The number of aromatic carboxylic acids is 1. The van der Waals surface area contributed by atoms with Crippen molar-refractivity contribution in [1.82, 2.24) is 9.47 Å². The molecular formula is C22H23F3N2O2. The average Bonchev–Trinajstić information content (AvgIpc) is 3.02. The van der Waals surface area contributed by atoms with Gasteiger partial charge in [0.2, 0.25) is 0 Å². The lowest BCUT2D eigenvalue weighted by Gasteiger charge is -2.20. The highest BCUT2D eigenvalue weighted by Crippen LogP contribution is 2.38. The first-order valence-electron chi connectivity index (χ1n) is 9.52. The van der Waals surface area contributed by atoms with E-state index in [9.17, 15) is 23.1 Å². The van der Waals surface area contributed by atoms with Crippen LogP contribution in [0.2, 0.25) is 0 Å². The Bertz CT molecular complexity index is 1010. The van der Waals surface area contributed by atoms with Crippen molar-refractivity contribution in [2.24, 2.45) is 0 Å². The number of benzene rings is 2. The van der Waals surface area contributed by atoms with Gasteiger partial charge in [0.1, 0.15) is 5.69 Å². The molecule has 0 saturated heterocycles. The Morgan fingerprint density at radius 3 is 2.24 bits per heavy atom. The van der Waals surface area contributed by atoms with Crippen LogP contribution in [0.4, 0.5) is 13.2 Å². The highest BCUT2D eigenvalue weighted by Gasteiger charge is 2.32. The van der Waals surface area contributed by atoms with E-state index in [1.807, 2.05) is 19.9 Å². The van der Waals surface area contributed by atoms with Gasteiger partial charge in [-0.3, -0.25) is 0 Å². The van der Waals surface area contributed by atoms with Gasteiger partial charge in [-0.2, -0.15) is 13.2 Å². The number of carboxylic acids is 1. The van der Waals surface area contributed by atoms with Gasteiger partial charge in [0, 0.05) is 23.9 Å². The van der Waals surface area contributed by atoms with E-state index in [1.165, 1.54) is 6.07 Å². The maximum absolute atomic E-state index is 13.3. The second-order valence-corrected chi connectivity index (χ2v) is 6.81. The fourth-order valence-electron chi connectivity index (χ4n) is 3.67. The van der Waals surface area contributed by atoms with Crippen LogP contribution in [0.5, 0.6) is 0 Å². The summed E-state index contributed by atoms with van der Waals surface area (Å²) in [5.41, 5.74) is 0.403. The zero-order valence-corrected chi connectivity index (χ0v) is 16.3. The molecule has 7 heteroatoms. The first-order valence-corrected chi connectivity index (χ1v) is 9.52. The van der Waals surface area contributed by atoms with E-state index in [-0.39, 0.29) is 5.69 Å². The molecule has 0 saturated carbocycles. The van der Waals surface area contributed by atoms with Gasteiger partial charge in [0.15, 0.2) is 0 Å². The lowest BCUT2D eigenvalue weighted by atomic mass is 10.0. The van der Waals surface area contributed by atoms with Crippen molar-refractivity contribution < 1.29 is 23.1 Å². The van der Waals surface area contributed by atoms with E-state index in [0.717, 1.165) is 25.2 Å². The highest BCUT2D eigenvalue weighted by molar-refractivity contribution is 6.09. The topological polar surface area (TPSA) is 45.5 Å². The summed E-state index contributed by atoms with van der Waals surface area (Å²) in [5, 5.41) is 10.5. The zero-order valence-electron chi connectivity index (χ0n) is 16.3. The number of aromatic nitrogens is 1. The summed E-state index contributed by atoms with van der Waals surface area (Å²) in [6, 6.07) is 12.2. The van der Waals surface area contributed by atoms with Crippen LogP contribution < -0.4 is 0 Å². The number of fused-ring (bicyclic) bond motifs is 1. The summed E-state index contributed by atoms with van der Waals surface area (Å²) in [6.45, 7) is 6.60. The Hall–Kier alpha value is -2.80. The van der Waals surface area contributed by atoms with Gasteiger partial charge in [-0.1, -0.05) is 50.2 Å². The summed E-state index contributed by atoms with van der Waals surface area (Å²) in [6.07, 6.45) is -4.51. The van der Waals surface area contributed by atoms with Gasteiger partial charge < -0.3 is 14.6 Å². The number of nitrogens with zero attached hydrogens (tertiary/aromatic N) is 2. The Kier molecular flexibility index (Phi) is 5.98. The minimum Gasteiger partial charge on any atom is -0.477 e. The van der Waals surface area contributed by atoms with E-state index < -0.39 is 17.7 Å². The lowest BCUT2D eigenvalue weighted by Crippen LogP contribution is -2.28. The predicted molar refractivity (Wildman–Crippen MR) is 107 cm³/mol. The van der Waals surface area contributed by atoms with Gasteiger partial charge in [-0.05, 0) is 30.8 Å². The summed E-state index contributed by atoms with van der Waals surface area (Å²) in [4.78, 5) is 14.2. The normalized spacial score (nSPS) is 12.1. The lowest BCUT2D eigenvalue weighted by molar-refractivity contribution is -0.137. The molecule has 1 aromatic heterocycles. The van der Waals surface area contributed by atoms with Crippen molar-refractivity contribution in [3.05, 3.63) is 59.8 Å². The van der Waals surface area contributed by atoms with Crippen LogP contribution in [0.3, 0.4) is 0 Å². The van der Waals surface area contributed by atoms with E-state index in [1.54, 1.807) is 28.8 Å². The molecular weight excluding hydrogens is 381 g/mol.